The Labute approximate surface area is 152 Å². The molecule has 25 heavy (non-hydrogen) atoms. The Morgan fingerprint density at radius 1 is 1.28 bits per heavy atom. The third-order valence-electron chi connectivity index (χ3n) is 3.99. The first-order chi connectivity index (χ1) is 12.2. The van der Waals surface area contributed by atoms with Crippen molar-refractivity contribution in [2.24, 2.45) is 0 Å². The van der Waals surface area contributed by atoms with Gasteiger partial charge in [-0.1, -0.05) is 48.7 Å². The molecule has 1 aliphatic heterocycles. The lowest BCUT2D eigenvalue weighted by Crippen LogP contribution is -2.26. The maximum atomic E-state index is 12.8. The molecule has 126 valence electrons. The monoisotopic (exact) mass is 351 g/mol. The Morgan fingerprint density at radius 3 is 2.80 bits per heavy atom. The quantitative estimate of drug-likeness (QED) is 0.579. The molecule has 0 aromatic heterocycles. The lowest BCUT2D eigenvalue weighted by molar-refractivity contribution is -0.113. The highest BCUT2D eigenvalue weighted by atomic mass is 35.5. The summed E-state index contributed by atoms with van der Waals surface area (Å²) in [7, 11) is 0. The van der Waals surface area contributed by atoms with Gasteiger partial charge in [0.25, 0.3) is 5.91 Å². The van der Waals surface area contributed by atoms with E-state index in [9.17, 15) is 4.79 Å². The molecule has 0 unspecified atom stereocenters. The molecule has 1 aliphatic rings. The Kier molecular flexibility index (Phi) is 5.11. The van der Waals surface area contributed by atoms with Crippen LogP contribution in [0.3, 0.4) is 0 Å². The summed E-state index contributed by atoms with van der Waals surface area (Å²) in [5.41, 5.74) is 3.43. The summed E-state index contributed by atoms with van der Waals surface area (Å²) in [4.78, 5) is 14.7. The Morgan fingerprint density at radius 2 is 2.08 bits per heavy atom. The Bertz CT molecular complexity index is 880. The molecule has 0 bridgehead atoms. The maximum absolute atomic E-state index is 12.8. The van der Waals surface area contributed by atoms with Crippen LogP contribution >= 0.6 is 11.6 Å². The zero-order chi connectivity index (χ0) is 17.8. The molecule has 3 nitrogen and oxygen atoms in total. The predicted octanol–water partition coefficient (Wildman–Crippen LogP) is 4.65. The van der Waals surface area contributed by atoms with Gasteiger partial charge < -0.3 is 9.64 Å². The number of halogens is 1. The zero-order valence-corrected chi connectivity index (χ0v) is 14.7. The normalized spacial score (nSPS) is 14.5. The Balaban J connectivity index is 1.97. The summed E-state index contributed by atoms with van der Waals surface area (Å²) in [6.45, 7) is 2.93. The second kappa shape index (κ2) is 7.46. The van der Waals surface area contributed by atoms with Crippen molar-refractivity contribution in [2.75, 3.05) is 18.1 Å². The molecule has 4 heteroatoms. The highest BCUT2D eigenvalue weighted by Gasteiger charge is 2.31. The summed E-state index contributed by atoms with van der Waals surface area (Å²) in [6.07, 6.45) is 7.97. The lowest BCUT2D eigenvalue weighted by Gasteiger charge is -2.15. The van der Waals surface area contributed by atoms with Crippen LogP contribution in [0, 0.1) is 12.3 Å². The summed E-state index contributed by atoms with van der Waals surface area (Å²) in [5, 5.41) is 0.466. The average Bonchev–Trinajstić information content (AvgIpc) is 2.87. The van der Waals surface area contributed by atoms with Gasteiger partial charge in [-0.05, 0) is 36.3 Å². The third kappa shape index (κ3) is 3.40. The summed E-state index contributed by atoms with van der Waals surface area (Å²) in [6, 6.07) is 13.3. The van der Waals surface area contributed by atoms with E-state index >= 15 is 0 Å². The number of ether oxygens (including phenoxy) is 1. The predicted molar refractivity (Wildman–Crippen MR) is 103 cm³/mol. The van der Waals surface area contributed by atoms with Crippen LogP contribution in [0.5, 0.6) is 5.75 Å². The topological polar surface area (TPSA) is 29.5 Å². The fraction of sp³-hybridized carbons (Fsp3) is 0.190. The van der Waals surface area contributed by atoms with Crippen molar-refractivity contribution in [3.8, 4) is 18.1 Å². The van der Waals surface area contributed by atoms with Crippen LogP contribution in [0.25, 0.3) is 11.6 Å². The first-order valence-electron chi connectivity index (χ1n) is 8.14. The zero-order valence-electron chi connectivity index (χ0n) is 14.0. The van der Waals surface area contributed by atoms with E-state index in [4.69, 9.17) is 22.8 Å². The average molecular weight is 352 g/mol. The van der Waals surface area contributed by atoms with Crippen molar-refractivity contribution in [2.45, 2.75) is 13.3 Å². The number of anilines is 1. The minimum absolute atomic E-state index is 0.0202. The summed E-state index contributed by atoms with van der Waals surface area (Å²) in [5.74, 6) is 2.96. The molecule has 0 spiro atoms. The number of fused-ring (bicyclic) bond motifs is 1. The molecular weight excluding hydrogens is 334 g/mol. The van der Waals surface area contributed by atoms with Gasteiger partial charge in [0.15, 0.2) is 0 Å². The highest BCUT2D eigenvalue weighted by Crippen LogP contribution is 2.38. The van der Waals surface area contributed by atoms with E-state index in [1.165, 1.54) is 0 Å². The van der Waals surface area contributed by atoms with Crippen molar-refractivity contribution in [3.63, 3.8) is 0 Å². The van der Waals surface area contributed by atoms with Gasteiger partial charge in [0.1, 0.15) is 12.4 Å². The standard InChI is InChI=1S/C21H18ClNO2/c1-3-11-23-19-8-6-5-7-16(19)17(21(23)24)13-15-9-10-20(18(22)14-15)25-12-4-2/h2,5-10,13-14H,3,11-12H2,1H3/b17-13-. The second-order valence-corrected chi connectivity index (χ2v) is 6.12. The summed E-state index contributed by atoms with van der Waals surface area (Å²) >= 11 is 6.25. The smallest absolute Gasteiger partial charge is 0.258 e. The third-order valence-corrected chi connectivity index (χ3v) is 4.28. The molecule has 3 rings (SSSR count). The number of carbonyl (C=O) groups excluding carboxylic acids is 1. The van der Waals surface area contributed by atoms with E-state index in [0.29, 0.717) is 22.9 Å². The number of terminal acetylenes is 1. The summed E-state index contributed by atoms with van der Waals surface area (Å²) < 4.78 is 5.37. The SMILES string of the molecule is C#CCOc1ccc(/C=C2\C(=O)N(CCC)c3ccccc32)cc1Cl. The van der Waals surface area contributed by atoms with Gasteiger partial charge in [0.05, 0.1) is 10.7 Å². The largest absolute Gasteiger partial charge is 0.479 e. The van der Waals surface area contributed by atoms with Crippen LogP contribution in [-0.4, -0.2) is 19.1 Å². The number of carbonyl (C=O) groups is 1. The number of amides is 1. The van der Waals surface area contributed by atoms with Crippen LogP contribution in [0.4, 0.5) is 5.69 Å². The van der Waals surface area contributed by atoms with E-state index in [1.54, 1.807) is 12.1 Å². The molecule has 0 saturated carbocycles. The number of nitrogens with zero attached hydrogens (tertiary/aromatic N) is 1. The minimum atomic E-state index is 0.0202. The van der Waals surface area contributed by atoms with Crippen molar-refractivity contribution in [1.29, 1.82) is 0 Å². The molecule has 2 aromatic rings. The van der Waals surface area contributed by atoms with Crippen molar-refractivity contribution in [1.82, 2.24) is 0 Å². The number of hydrogen-bond acceptors (Lipinski definition) is 2. The maximum Gasteiger partial charge on any atom is 0.258 e. The Hall–Kier alpha value is -2.70. The molecule has 2 aromatic carbocycles. The molecule has 1 heterocycles. The van der Waals surface area contributed by atoms with E-state index in [-0.39, 0.29) is 12.5 Å². The second-order valence-electron chi connectivity index (χ2n) is 5.71. The number of rotatable bonds is 5. The van der Waals surface area contributed by atoms with Gasteiger partial charge in [-0.3, -0.25) is 4.79 Å². The van der Waals surface area contributed by atoms with Gasteiger partial charge in [0.2, 0.25) is 0 Å². The molecule has 0 saturated heterocycles. The van der Waals surface area contributed by atoms with Crippen molar-refractivity contribution < 1.29 is 9.53 Å². The van der Waals surface area contributed by atoms with E-state index in [2.05, 4.69) is 12.8 Å². The molecule has 0 aliphatic carbocycles. The van der Waals surface area contributed by atoms with Gasteiger partial charge in [-0.25, -0.2) is 0 Å². The van der Waals surface area contributed by atoms with Crippen LogP contribution in [-0.2, 0) is 4.79 Å². The number of para-hydroxylation sites is 1. The molecule has 1 amide bonds. The first kappa shape index (κ1) is 17.1. The molecule has 0 fully saturated rings. The highest BCUT2D eigenvalue weighted by molar-refractivity contribution is 6.36. The first-order valence-corrected chi connectivity index (χ1v) is 8.52. The van der Waals surface area contributed by atoms with Crippen LogP contribution in [0.1, 0.15) is 24.5 Å². The molecule has 0 radical (unpaired) electrons. The van der Waals surface area contributed by atoms with Gasteiger partial charge >= 0.3 is 0 Å². The fourth-order valence-corrected chi connectivity index (χ4v) is 3.15. The lowest BCUT2D eigenvalue weighted by atomic mass is 10.0. The fourth-order valence-electron chi connectivity index (χ4n) is 2.90. The van der Waals surface area contributed by atoms with Crippen LogP contribution in [0.2, 0.25) is 5.02 Å². The van der Waals surface area contributed by atoms with Crippen molar-refractivity contribution in [3.05, 3.63) is 58.6 Å². The van der Waals surface area contributed by atoms with Crippen LogP contribution in [0.15, 0.2) is 42.5 Å². The molecular formula is C21H18ClNO2. The number of hydrogen-bond donors (Lipinski definition) is 0. The van der Waals surface area contributed by atoms with Crippen molar-refractivity contribution >= 4 is 34.8 Å². The van der Waals surface area contributed by atoms with Crippen LogP contribution < -0.4 is 9.64 Å². The molecule has 0 atom stereocenters. The van der Waals surface area contributed by atoms with Gasteiger partial charge in [-0.2, -0.15) is 0 Å². The van der Waals surface area contributed by atoms with Gasteiger partial charge in [0, 0.05) is 17.7 Å². The van der Waals surface area contributed by atoms with Gasteiger partial charge in [-0.15, -0.1) is 6.42 Å². The molecule has 0 N–H and O–H groups in total. The van der Waals surface area contributed by atoms with E-state index < -0.39 is 0 Å². The van der Waals surface area contributed by atoms with E-state index in [0.717, 1.165) is 23.2 Å². The number of benzene rings is 2. The van der Waals surface area contributed by atoms with E-state index in [1.807, 2.05) is 41.3 Å². The minimum Gasteiger partial charge on any atom is -0.479 e.